The van der Waals surface area contributed by atoms with E-state index >= 15 is 0 Å². The molecule has 3 heteroatoms. The Labute approximate surface area is 197 Å². The first-order valence-electron chi connectivity index (χ1n) is 11.6. The number of hydrogen-bond acceptors (Lipinski definition) is 2. The molecule has 0 amide bonds. The lowest BCUT2D eigenvalue weighted by atomic mass is 9.93. The maximum atomic E-state index is 11.0. The van der Waals surface area contributed by atoms with Crippen LogP contribution in [0.15, 0.2) is 72.8 Å². The van der Waals surface area contributed by atoms with E-state index < -0.39 is 11.9 Å². The maximum absolute atomic E-state index is 11.0. The van der Waals surface area contributed by atoms with Crippen LogP contribution >= 0.6 is 0 Å². The Kier molecular flexibility index (Phi) is 8.11. The van der Waals surface area contributed by atoms with Crippen LogP contribution in [0, 0.1) is 12.8 Å². The molecule has 1 atom stereocenters. The zero-order valence-corrected chi connectivity index (χ0v) is 20.3. The first kappa shape index (κ1) is 24.3. The van der Waals surface area contributed by atoms with E-state index in [1.54, 1.807) is 6.92 Å². The van der Waals surface area contributed by atoms with Crippen LogP contribution in [-0.2, 0) is 11.2 Å². The summed E-state index contributed by atoms with van der Waals surface area (Å²) in [5.74, 6) is 0.125. The smallest absolute Gasteiger partial charge is 0.306 e. The normalized spacial score (nSPS) is 12.6. The van der Waals surface area contributed by atoms with Gasteiger partial charge in [-0.15, -0.1) is 0 Å². The molecule has 0 spiro atoms. The molecule has 3 rings (SSSR count). The minimum absolute atomic E-state index is 0.392. The lowest BCUT2D eigenvalue weighted by molar-refractivity contribution is -0.141. The van der Waals surface area contributed by atoms with Crippen molar-refractivity contribution in [2.45, 2.75) is 47.0 Å². The zero-order chi connectivity index (χ0) is 24.0. The molecule has 172 valence electrons. The number of benzene rings is 3. The first-order valence-corrected chi connectivity index (χ1v) is 11.6. The van der Waals surface area contributed by atoms with Crippen molar-refractivity contribution < 1.29 is 14.6 Å². The van der Waals surface area contributed by atoms with Crippen LogP contribution < -0.4 is 4.74 Å². The number of carboxylic acids is 1. The van der Waals surface area contributed by atoms with E-state index in [9.17, 15) is 4.79 Å². The highest BCUT2D eigenvalue weighted by molar-refractivity contribution is 5.72. The molecule has 0 radical (unpaired) electrons. The second-order valence-electron chi connectivity index (χ2n) is 9.09. The second-order valence-corrected chi connectivity index (χ2v) is 9.09. The van der Waals surface area contributed by atoms with Crippen molar-refractivity contribution in [2.24, 2.45) is 5.92 Å². The van der Waals surface area contributed by atoms with Crippen molar-refractivity contribution >= 4 is 11.5 Å². The summed E-state index contributed by atoms with van der Waals surface area (Å²) in [6.45, 7) is 10.9. The minimum Gasteiger partial charge on any atom is -0.490 e. The van der Waals surface area contributed by atoms with Gasteiger partial charge in [-0.05, 0) is 83.3 Å². The van der Waals surface area contributed by atoms with Crippen molar-refractivity contribution in [1.29, 1.82) is 0 Å². The Balaban J connectivity index is 1.61. The van der Waals surface area contributed by atoms with Crippen molar-refractivity contribution in [3.8, 4) is 16.9 Å². The molecule has 0 aliphatic carbocycles. The molecule has 0 aliphatic rings. The standard InChI is InChI=1S/C30H34O3/c1-20(2)27-9-6-22(4)29(19-27)26-12-10-25(11-13-26)21(3)16-17-33-28-14-7-24(8-15-28)18-23(5)30(31)32/h6-16,19-20,23H,17-18H2,1-5H3,(H,31,32)/b21-16+. The van der Waals surface area contributed by atoms with E-state index in [2.05, 4.69) is 76.2 Å². The molecule has 0 fully saturated rings. The number of carboxylic acid groups (broad SMARTS) is 1. The predicted octanol–water partition coefficient (Wildman–Crippen LogP) is 7.53. The van der Waals surface area contributed by atoms with Crippen molar-refractivity contribution in [2.75, 3.05) is 6.61 Å². The average molecular weight is 443 g/mol. The molecule has 3 aromatic rings. The fourth-order valence-electron chi connectivity index (χ4n) is 3.77. The molecular weight excluding hydrogens is 408 g/mol. The van der Waals surface area contributed by atoms with Gasteiger partial charge in [0.05, 0.1) is 5.92 Å². The number of rotatable bonds is 9. The first-order chi connectivity index (χ1) is 15.7. The third kappa shape index (κ3) is 6.58. The van der Waals surface area contributed by atoms with E-state index in [-0.39, 0.29) is 0 Å². The van der Waals surface area contributed by atoms with Crippen LogP contribution in [0.5, 0.6) is 5.75 Å². The predicted molar refractivity (Wildman–Crippen MR) is 137 cm³/mol. The van der Waals surface area contributed by atoms with Gasteiger partial charge < -0.3 is 9.84 Å². The van der Waals surface area contributed by atoms with Gasteiger partial charge in [0, 0.05) is 0 Å². The van der Waals surface area contributed by atoms with Gasteiger partial charge >= 0.3 is 5.97 Å². The van der Waals surface area contributed by atoms with E-state index in [1.807, 2.05) is 24.3 Å². The molecule has 1 N–H and O–H groups in total. The summed E-state index contributed by atoms with van der Waals surface area (Å²) in [6, 6.07) is 23.1. The van der Waals surface area contributed by atoms with Gasteiger partial charge in [0.15, 0.2) is 0 Å². The van der Waals surface area contributed by atoms with Crippen LogP contribution in [0.3, 0.4) is 0 Å². The summed E-state index contributed by atoms with van der Waals surface area (Å²) >= 11 is 0. The van der Waals surface area contributed by atoms with Gasteiger partial charge in [-0.1, -0.05) is 75.4 Å². The van der Waals surface area contributed by atoms with Gasteiger partial charge in [0.1, 0.15) is 12.4 Å². The van der Waals surface area contributed by atoms with E-state index in [0.29, 0.717) is 18.9 Å². The Morgan fingerprint density at radius 2 is 1.64 bits per heavy atom. The monoisotopic (exact) mass is 442 g/mol. The quantitative estimate of drug-likeness (QED) is 0.372. The average Bonchev–Trinajstić information content (AvgIpc) is 2.80. The molecule has 0 heterocycles. The Morgan fingerprint density at radius 3 is 2.24 bits per heavy atom. The largest absolute Gasteiger partial charge is 0.490 e. The number of aryl methyl sites for hydroxylation is 1. The third-order valence-corrected chi connectivity index (χ3v) is 6.11. The summed E-state index contributed by atoms with van der Waals surface area (Å²) in [5.41, 5.74) is 8.52. The van der Waals surface area contributed by atoms with E-state index in [0.717, 1.165) is 11.3 Å². The fourth-order valence-corrected chi connectivity index (χ4v) is 3.77. The van der Waals surface area contributed by atoms with E-state index in [1.165, 1.54) is 33.4 Å². The lowest BCUT2D eigenvalue weighted by Crippen LogP contribution is -2.12. The topological polar surface area (TPSA) is 46.5 Å². The Bertz CT molecular complexity index is 1110. The number of carbonyl (C=O) groups is 1. The summed E-state index contributed by atoms with van der Waals surface area (Å²) in [4.78, 5) is 11.0. The van der Waals surface area contributed by atoms with Crippen LogP contribution in [0.2, 0.25) is 0 Å². The van der Waals surface area contributed by atoms with E-state index in [4.69, 9.17) is 9.84 Å². The molecule has 0 aromatic heterocycles. The third-order valence-electron chi connectivity index (χ3n) is 6.11. The maximum Gasteiger partial charge on any atom is 0.306 e. The number of allylic oxidation sites excluding steroid dienone is 1. The minimum atomic E-state index is -0.775. The van der Waals surface area contributed by atoms with Gasteiger partial charge in [0.25, 0.3) is 0 Å². The molecule has 3 aromatic carbocycles. The summed E-state index contributed by atoms with van der Waals surface area (Å²) < 4.78 is 5.86. The van der Waals surface area contributed by atoms with Crippen LogP contribution in [0.25, 0.3) is 16.7 Å². The number of hydrogen-bond donors (Lipinski definition) is 1. The zero-order valence-electron chi connectivity index (χ0n) is 20.3. The van der Waals surface area contributed by atoms with Crippen LogP contribution in [0.1, 0.15) is 55.9 Å². The molecular formula is C30H34O3. The van der Waals surface area contributed by atoms with Crippen molar-refractivity contribution in [3.63, 3.8) is 0 Å². The summed E-state index contributed by atoms with van der Waals surface area (Å²) in [7, 11) is 0. The summed E-state index contributed by atoms with van der Waals surface area (Å²) in [5, 5.41) is 9.04. The fraction of sp³-hybridized carbons (Fsp3) is 0.300. The molecule has 0 saturated carbocycles. The number of aliphatic carboxylic acids is 1. The van der Waals surface area contributed by atoms with Gasteiger partial charge in [-0.3, -0.25) is 4.79 Å². The lowest BCUT2D eigenvalue weighted by Gasteiger charge is -2.12. The Morgan fingerprint density at radius 1 is 0.970 bits per heavy atom. The number of ether oxygens (including phenoxy) is 1. The van der Waals surface area contributed by atoms with Crippen LogP contribution in [0.4, 0.5) is 0 Å². The van der Waals surface area contributed by atoms with Crippen molar-refractivity contribution in [3.05, 3.63) is 95.1 Å². The highest BCUT2D eigenvalue weighted by atomic mass is 16.5. The molecule has 3 nitrogen and oxygen atoms in total. The van der Waals surface area contributed by atoms with Gasteiger partial charge in [-0.2, -0.15) is 0 Å². The highest BCUT2D eigenvalue weighted by Crippen LogP contribution is 2.28. The van der Waals surface area contributed by atoms with Crippen molar-refractivity contribution in [1.82, 2.24) is 0 Å². The molecule has 0 aliphatic heterocycles. The molecule has 33 heavy (non-hydrogen) atoms. The molecule has 0 bridgehead atoms. The molecule has 0 saturated heterocycles. The van der Waals surface area contributed by atoms with Crippen LogP contribution in [-0.4, -0.2) is 17.7 Å². The molecule has 1 unspecified atom stereocenters. The summed E-state index contributed by atoms with van der Waals surface area (Å²) in [6.07, 6.45) is 2.60. The second kappa shape index (κ2) is 11.0. The highest BCUT2D eigenvalue weighted by Gasteiger charge is 2.11. The SMILES string of the molecule is C/C(=C\COc1ccc(CC(C)C(=O)O)cc1)c1ccc(-c2cc(C(C)C)ccc2C)cc1. The Hall–Kier alpha value is -3.33. The van der Waals surface area contributed by atoms with Gasteiger partial charge in [-0.25, -0.2) is 0 Å². The van der Waals surface area contributed by atoms with Gasteiger partial charge in [0.2, 0.25) is 0 Å².